The first-order valence-electron chi connectivity index (χ1n) is 16.9. The van der Waals surface area contributed by atoms with Gasteiger partial charge in [0.1, 0.15) is 5.60 Å². The summed E-state index contributed by atoms with van der Waals surface area (Å²) in [6.45, 7) is 8.46. The van der Waals surface area contributed by atoms with Crippen molar-refractivity contribution >= 4 is 23.7 Å². The third-order valence-electron chi connectivity index (χ3n) is 7.93. The summed E-state index contributed by atoms with van der Waals surface area (Å²) in [5.74, 6) is -0.469. The van der Waals surface area contributed by atoms with Gasteiger partial charge in [0.2, 0.25) is 12.0 Å². The number of rotatable bonds is 17. The van der Waals surface area contributed by atoms with Crippen LogP contribution in [0.3, 0.4) is 0 Å². The molecule has 0 spiro atoms. The van der Waals surface area contributed by atoms with Crippen LogP contribution in [0.1, 0.15) is 109 Å². The first-order valence-corrected chi connectivity index (χ1v) is 16.9. The first-order chi connectivity index (χ1) is 22.2. The fourth-order valence-electron chi connectivity index (χ4n) is 5.41. The van der Waals surface area contributed by atoms with E-state index in [-0.39, 0.29) is 5.91 Å². The van der Waals surface area contributed by atoms with Gasteiger partial charge in [-0.15, -0.1) is 0 Å². The highest BCUT2D eigenvalue weighted by molar-refractivity contribution is 6.04. The van der Waals surface area contributed by atoms with Crippen molar-refractivity contribution in [3.05, 3.63) is 72.1 Å². The Hall–Kier alpha value is -4.20. The minimum atomic E-state index is -0.728. The molecule has 8 nitrogen and oxygen atoms in total. The van der Waals surface area contributed by atoms with E-state index >= 15 is 0 Å². The van der Waals surface area contributed by atoms with E-state index < -0.39 is 17.7 Å². The van der Waals surface area contributed by atoms with Crippen LogP contribution in [0.2, 0.25) is 0 Å². The normalized spacial score (nSPS) is 14.7. The lowest BCUT2D eigenvalue weighted by Gasteiger charge is -2.20. The number of hydrogen-bond acceptors (Lipinski definition) is 6. The molecule has 246 valence electrons. The Labute approximate surface area is 274 Å². The molecule has 1 unspecified atom stereocenters. The summed E-state index contributed by atoms with van der Waals surface area (Å²) in [5, 5.41) is 7.13. The zero-order valence-electron chi connectivity index (χ0n) is 27.9. The molecule has 2 heterocycles. The molecular formula is C38H50N4O4. The molecule has 46 heavy (non-hydrogen) atoms. The van der Waals surface area contributed by atoms with Gasteiger partial charge in [0.05, 0.1) is 23.4 Å². The summed E-state index contributed by atoms with van der Waals surface area (Å²) < 4.78 is 5.43. The van der Waals surface area contributed by atoms with Crippen LogP contribution in [-0.4, -0.2) is 45.8 Å². The number of unbranched alkanes of at least 4 members (excludes halogenated alkanes) is 9. The van der Waals surface area contributed by atoms with E-state index in [4.69, 9.17) is 9.57 Å². The van der Waals surface area contributed by atoms with Gasteiger partial charge in [-0.05, 0) is 44.4 Å². The molecule has 3 aromatic rings. The molecule has 8 heteroatoms. The number of carbonyl (C=O) groups excluding carboxylic acids is 2. The second-order valence-corrected chi connectivity index (χ2v) is 13.0. The molecule has 0 saturated carbocycles. The molecular weight excluding hydrogens is 576 g/mol. The van der Waals surface area contributed by atoms with Gasteiger partial charge in [-0.1, -0.05) is 118 Å². The lowest BCUT2D eigenvalue weighted by Crippen LogP contribution is -2.32. The van der Waals surface area contributed by atoms with E-state index in [0.29, 0.717) is 12.1 Å². The zero-order valence-corrected chi connectivity index (χ0v) is 27.9. The molecule has 0 radical (unpaired) electrons. The minimum Gasteiger partial charge on any atom is -0.457 e. The van der Waals surface area contributed by atoms with Crippen molar-refractivity contribution in [2.75, 3.05) is 6.54 Å². The van der Waals surface area contributed by atoms with Crippen LogP contribution in [0, 0.1) is 0 Å². The van der Waals surface area contributed by atoms with Gasteiger partial charge in [-0.25, -0.2) is 9.78 Å². The van der Waals surface area contributed by atoms with Crippen LogP contribution >= 0.6 is 0 Å². The first kappa shape index (κ1) is 34.7. The summed E-state index contributed by atoms with van der Waals surface area (Å²) in [5.41, 5.74) is 5.65. The molecule has 0 fully saturated rings. The van der Waals surface area contributed by atoms with Crippen molar-refractivity contribution in [1.82, 2.24) is 15.3 Å². The van der Waals surface area contributed by atoms with Gasteiger partial charge in [0.15, 0.2) is 0 Å². The summed E-state index contributed by atoms with van der Waals surface area (Å²) in [6.07, 6.45) is 17.6. The predicted molar refractivity (Wildman–Crippen MR) is 185 cm³/mol. The van der Waals surface area contributed by atoms with Crippen LogP contribution in [-0.2, 0) is 19.2 Å². The van der Waals surface area contributed by atoms with Crippen molar-refractivity contribution in [2.45, 2.75) is 110 Å². The molecule has 1 aromatic heterocycles. The monoisotopic (exact) mass is 626 g/mol. The number of benzene rings is 2. The third-order valence-corrected chi connectivity index (χ3v) is 7.93. The number of carbonyl (C=O) groups is 2. The predicted octanol–water partition coefficient (Wildman–Crippen LogP) is 8.63. The van der Waals surface area contributed by atoms with Crippen LogP contribution < -0.4 is 5.32 Å². The molecule has 1 atom stereocenters. The van der Waals surface area contributed by atoms with Gasteiger partial charge in [-0.3, -0.25) is 4.79 Å². The van der Waals surface area contributed by atoms with Gasteiger partial charge in [-0.2, -0.15) is 0 Å². The highest BCUT2D eigenvalue weighted by atomic mass is 16.7. The Morgan fingerprint density at radius 1 is 0.891 bits per heavy atom. The second kappa shape index (κ2) is 17.5. The number of ether oxygens (including phenoxy) is 1. The molecule has 2 N–H and O–H groups in total. The quantitative estimate of drug-likeness (QED) is 0.0886. The van der Waals surface area contributed by atoms with E-state index in [0.717, 1.165) is 46.6 Å². The van der Waals surface area contributed by atoms with Crippen molar-refractivity contribution in [3.63, 3.8) is 0 Å². The van der Waals surface area contributed by atoms with Crippen molar-refractivity contribution in [2.24, 2.45) is 5.16 Å². The number of oxime groups is 1. The number of nitrogens with one attached hydrogen (secondary N) is 2. The van der Waals surface area contributed by atoms with Gasteiger partial charge < -0.3 is 19.9 Å². The SMILES string of the molecule is CCCCCCCCCCCCNC(=O)/C=C/c1ccc(-c2[nH]cnc2-c2ccc(C3=NOC(C(=O)OC(C)(C)C)C3)cc2)cc1. The number of H-pyrrole nitrogens is 1. The maximum Gasteiger partial charge on any atom is 0.351 e. The molecule has 2 aromatic carbocycles. The number of amides is 1. The van der Waals surface area contributed by atoms with Crippen molar-refractivity contribution in [3.8, 4) is 22.5 Å². The lowest BCUT2D eigenvalue weighted by atomic mass is 10.00. The molecule has 0 bridgehead atoms. The Balaban J connectivity index is 1.22. The topological polar surface area (TPSA) is 106 Å². The number of imidazole rings is 1. The highest BCUT2D eigenvalue weighted by Gasteiger charge is 2.32. The van der Waals surface area contributed by atoms with E-state index in [9.17, 15) is 9.59 Å². The van der Waals surface area contributed by atoms with Crippen LogP contribution in [0.4, 0.5) is 0 Å². The summed E-state index contributed by atoms with van der Waals surface area (Å²) in [6, 6.07) is 15.9. The van der Waals surface area contributed by atoms with E-state index in [1.807, 2.05) is 75.4 Å². The van der Waals surface area contributed by atoms with E-state index in [1.54, 1.807) is 12.4 Å². The minimum absolute atomic E-state index is 0.0604. The van der Waals surface area contributed by atoms with Crippen molar-refractivity contribution in [1.29, 1.82) is 0 Å². The maximum absolute atomic E-state index is 12.4. The molecule has 1 amide bonds. The highest BCUT2D eigenvalue weighted by Crippen LogP contribution is 2.30. The third kappa shape index (κ3) is 11.0. The molecule has 1 aliphatic rings. The van der Waals surface area contributed by atoms with Crippen LogP contribution in [0.25, 0.3) is 28.6 Å². The largest absolute Gasteiger partial charge is 0.457 e. The Morgan fingerprint density at radius 2 is 1.50 bits per heavy atom. The van der Waals surface area contributed by atoms with E-state index in [1.165, 1.54) is 57.8 Å². The van der Waals surface area contributed by atoms with Crippen LogP contribution in [0.15, 0.2) is 66.1 Å². The fourth-order valence-corrected chi connectivity index (χ4v) is 5.41. The number of hydrogen-bond donors (Lipinski definition) is 2. The summed E-state index contributed by atoms with van der Waals surface area (Å²) in [4.78, 5) is 37.9. The smallest absolute Gasteiger partial charge is 0.351 e. The summed E-state index contributed by atoms with van der Waals surface area (Å²) in [7, 11) is 0. The average Bonchev–Trinajstić information content (AvgIpc) is 3.73. The number of esters is 1. The lowest BCUT2D eigenvalue weighted by molar-refractivity contribution is -0.166. The maximum atomic E-state index is 12.4. The molecule has 0 aliphatic carbocycles. The Bertz CT molecular complexity index is 1450. The van der Waals surface area contributed by atoms with Crippen molar-refractivity contribution < 1.29 is 19.2 Å². The standard InChI is InChI=1S/C38H50N4O4/c1-5-6-7-8-9-10-11-12-13-14-25-39-34(43)24-17-28-15-18-30(19-16-28)35-36(41-27-40-35)31-22-20-29(21-23-31)32-26-33(46-42-32)37(44)45-38(2,3)4/h15-24,27,33H,5-14,25-26H2,1-4H3,(H,39,43)(H,40,41)/b24-17+. The average molecular weight is 627 g/mol. The van der Waals surface area contributed by atoms with Gasteiger partial charge in [0, 0.05) is 30.2 Å². The molecule has 0 saturated heterocycles. The molecule has 1 aliphatic heterocycles. The van der Waals surface area contributed by atoms with E-state index in [2.05, 4.69) is 27.4 Å². The second-order valence-electron chi connectivity index (χ2n) is 13.0. The Morgan fingerprint density at radius 3 is 2.15 bits per heavy atom. The van der Waals surface area contributed by atoms with Crippen LogP contribution in [0.5, 0.6) is 0 Å². The number of aromatic nitrogens is 2. The van der Waals surface area contributed by atoms with Gasteiger partial charge >= 0.3 is 5.97 Å². The Kier molecular flexibility index (Phi) is 13.2. The van der Waals surface area contributed by atoms with Gasteiger partial charge in [0.25, 0.3) is 0 Å². The zero-order chi connectivity index (χ0) is 32.8. The molecule has 4 rings (SSSR count). The summed E-state index contributed by atoms with van der Waals surface area (Å²) >= 11 is 0. The number of nitrogens with zero attached hydrogens (tertiary/aromatic N) is 2. The fraction of sp³-hybridized carbons (Fsp3) is 0.474. The number of aromatic amines is 1.